The second-order valence-electron chi connectivity index (χ2n) is 7.22. The molecule has 0 unspecified atom stereocenters. The van der Waals surface area contributed by atoms with Crippen molar-refractivity contribution >= 4 is 28.7 Å². The van der Waals surface area contributed by atoms with Gasteiger partial charge < -0.3 is 4.74 Å². The van der Waals surface area contributed by atoms with Gasteiger partial charge in [-0.25, -0.2) is 4.79 Å². The molecule has 1 aromatic heterocycles. The minimum Gasteiger partial charge on any atom is -0.441 e. The number of hydrogen-bond donors (Lipinski definition) is 0. The quantitative estimate of drug-likeness (QED) is 0.567. The third kappa shape index (κ3) is 2.96. The molecule has 0 N–H and O–H groups in total. The second kappa shape index (κ2) is 7.14. The first-order chi connectivity index (χ1) is 13.5. The first kappa shape index (κ1) is 18.3. The Balaban J connectivity index is 1.47. The van der Waals surface area contributed by atoms with Crippen LogP contribution in [0.1, 0.15) is 32.6 Å². The maximum Gasteiger partial charge on any atom is 0.330 e. The van der Waals surface area contributed by atoms with E-state index in [2.05, 4.69) is 10.3 Å². The van der Waals surface area contributed by atoms with Crippen LogP contribution in [-0.2, 0) is 25.9 Å². The van der Waals surface area contributed by atoms with E-state index in [0.29, 0.717) is 23.7 Å². The van der Waals surface area contributed by atoms with Crippen molar-refractivity contribution in [2.24, 2.45) is 11.8 Å². The van der Waals surface area contributed by atoms with Crippen molar-refractivity contribution < 1.29 is 19.1 Å². The molecule has 0 spiro atoms. The van der Waals surface area contributed by atoms with Gasteiger partial charge in [0.05, 0.1) is 17.2 Å². The average Bonchev–Trinajstić information content (AvgIpc) is 2.97. The van der Waals surface area contributed by atoms with Gasteiger partial charge in [0.2, 0.25) is 11.8 Å². The van der Waals surface area contributed by atoms with E-state index in [1.165, 1.54) is 6.92 Å². The first-order valence-corrected chi connectivity index (χ1v) is 9.35. The van der Waals surface area contributed by atoms with Crippen LogP contribution in [0.15, 0.2) is 29.1 Å². The molecule has 9 nitrogen and oxygen atoms in total. The molecule has 9 heteroatoms. The number of ether oxygens (including phenoxy) is 1. The molecule has 0 radical (unpaired) electrons. The van der Waals surface area contributed by atoms with Gasteiger partial charge in [-0.3, -0.25) is 19.3 Å². The molecular formula is C19H20N4O5. The van der Waals surface area contributed by atoms with Crippen LogP contribution in [0.25, 0.3) is 10.9 Å². The van der Waals surface area contributed by atoms with Crippen molar-refractivity contribution in [3.63, 3.8) is 0 Å². The summed E-state index contributed by atoms with van der Waals surface area (Å²) >= 11 is 0. The number of imide groups is 1. The van der Waals surface area contributed by atoms with E-state index in [-0.39, 0.29) is 23.7 Å². The normalized spacial score (nSPS) is 23.0. The molecule has 4 rings (SSSR count). The van der Waals surface area contributed by atoms with E-state index in [1.54, 1.807) is 24.3 Å². The summed E-state index contributed by atoms with van der Waals surface area (Å²) in [7, 11) is 0. The molecular weight excluding hydrogens is 364 g/mol. The molecule has 2 aliphatic rings. The van der Waals surface area contributed by atoms with Gasteiger partial charge in [0.15, 0.2) is 6.73 Å². The third-order valence-corrected chi connectivity index (χ3v) is 5.56. The van der Waals surface area contributed by atoms with E-state index in [4.69, 9.17) is 4.74 Å². The monoisotopic (exact) mass is 384 g/mol. The minimum absolute atomic E-state index is 0.304. The van der Waals surface area contributed by atoms with Gasteiger partial charge in [-0.05, 0) is 31.9 Å². The fraction of sp³-hybridized carbons (Fsp3) is 0.474. The number of hydrogen-bond acceptors (Lipinski definition) is 7. The number of carbonyl (C=O) groups is 3. The molecule has 3 atom stereocenters. The number of rotatable bonds is 4. The first-order valence-electron chi connectivity index (χ1n) is 9.35. The highest BCUT2D eigenvalue weighted by Crippen LogP contribution is 2.38. The number of nitrogens with zero attached hydrogens (tertiary/aromatic N) is 4. The molecule has 2 amide bonds. The van der Waals surface area contributed by atoms with Gasteiger partial charge in [0.1, 0.15) is 11.6 Å². The van der Waals surface area contributed by atoms with Crippen LogP contribution in [0.3, 0.4) is 0 Å². The van der Waals surface area contributed by atoms with Crippen LogP contribution in [0.5, 0.6) is 0 Å². The number of amides is 2. The van der Waals surface area contributed by atoms with E-state index in [0.717, 1.165) is 22.4 Å². The van der Waals surface area contributed by atoms with Crippen LogP contribution in [-0.4, -0.2) is 43.7 Å². The lowest BCUT2D eigenvalue weighted by atomic mass is 9.81. The number of carbonyl (C=O) groups excluding carboxylic acids is 3. The lowest BCUT2D eigenvalue weighted by Gasteiger charge is -2.21. The summed E-state index contributed by atoms with van der Waals surface area (Å²) in [4.78, 5) is 51.0. The number of fused-ring (bicyclic) bond motifs is 2. The summed E-state index contributed by atoms with van der Waals surface area (Å²) in [6, 6.07) is 5.66. The van der Waals surface area contributed by atoms with Crippen LogP contribution >= 0.6 is 0 Å². The van der Waals surface area contributed by atoms with E-state index < -0.39 is 24.3 Å². The standard InChI is InChI=1S/C19H20N4O5/c1-11(23-17(25)12-6-2-3-7-13(12)18(23)26)19(27)28-10-22-16(24)14-8-4-5-9-15(14)20-21-22/h4-5,8-9,11-13H,2-3,6-7,10H2,1H3/t11-,12-,13+/m1/s1. The lowest BCUT2D eigenvalue weighted by molar-refractivity contribution is -0.161. The van der Waals surface area contributed by atoms with Gasteiger partial charge >= 0.3 is 5.97 Å². The zero-order valence-electron chi connectivity index (χ0n) is 15.4. The van der Waals surface area contributed by atoms with Crippen molar-refractivity contribution in [2.45, 2.75) is 45.4 Å². The topological polar surface area (TPSA) is 111 Å². The highest BCUT2D eigenvalue weighted by molar-refractivity contribution is 6.07. The molecule has 1 aromatic carbocycles. The third-order valence-electron chi connectivity index (χ3n) is 5.56. The summed E-state index contributed by atoms with van der Waals surface area (Å²) in [5.41, 5.74) is 0.00436. The number of aromatic nitrogens is 3. The number of benzene rings is 1. The van der Waals surface area contributed by atoms with Crippen molar-refractivity contribution in [3.8, 4) is 0 Å². The van der Waals surface area contributed by atoms with Gasteiger partial charge in [-0.1, -0.05) is 30.2 Å². The molecule has 1 saturated heterocycles. The van der Waals surface area contributed by atoms with Crippen molar-refractivity contribution in [1.29, 1.82) is 0 Å². The maximum absolute atomic E-state index is 12.6. The largest absolute Gasteiger partial charge is 0.441 e. The highest BCUT2D eigenvalue weighted by atomic mass is 16.5. The predicted octanol–water partition coefficient (Wildman–Crippen LogP) is 0.856. The second-order valence-corrected chi connectivity index (χ2v) is 7.22. The maximum atomic E-state index is 12.6. The van der Waals surface area contributed by atoms with Crippen molar-refractivity contribution in [3.05, 3.63) is 34.6 Å². The van der Waals surface area contributed by atoms with Crippen LogP contribution in [0.2, 0.25) is 0 Å². The summed E-state index contributed by atoms with van der Waals surface area (Å²) in [5, 5.41) is 8.03. The molecule has 1 aliphatic heterocycles. The van der Waals surface area contributed by atoms with Crippen LogP contribution in [0, 0.1) is 11.8 Å². The summed E-state index contributed by atoms with van der Waals surface area (Å²) in [6.45, 7) is 1.02. The van der Waals surface area contributed by atoms with Crippen molar-refractivity contribution in [2.75, 3.05) is 0 Å². The van der Waals surface area contributed by atoms with Gasteiger partial charge in [0, 0.05) is 0 Å². The van der Waals surface area contributed by atoms with Crippen molar-refractivity contribution in [1.82, 2.24) is 19.9 Å². The Hall–Kier alpha value is -3.10. The van der Waals surface area contributed by atoms with E-state index >= 15 is 0 Å². The van der Waals surface area contributed by atoms with E-state index in [9.17, 15) is 19.2 Å². The molecule has 2 fully saturated rings. The zero-order valence-corrected chi connectivity index (χ0v) is 15.4. The Morgan fingerprint density at radius 3 is 2.46 bits per heavy atom. The van der Waals surface area contributed by atoms with Gasteiger partial charge in [0.25, 0.3) is 5.56 Å². The average molecular weight is 384 g/mol. The predicted molar refractivity (Wildman–Crippen MR) is 96.7 cm³/mol. The highest BCUT2D eigenvalue weighted by Gasteiger charge is 2.51. The smallest absolute Gasteiger partial charge is 0.330 e. The molecule has 2 aromatic rings. The molecule has 0 bridgehead atoms. The van der Waals surface area contributed by atoms with Crippen LogP contribution in [0.4, 0.5) is 0 Å². The Labute approximate surface area is 160 Å². The Morgan fingerprint density at radius 2 is 1.79 bits per heavy atom. The van der Waals surface area contributed by atoms with Crippen LogP contribution < -0.4 is 5.56 Å². The lowest BCUT2D eigenvalue weighted by Crippen LogP contribution is -2.44. The molecule has 146 valence electrons. The SMILES string of the molecule is C[C@H](C(=O)OCn1nnc2ccccc2c1=O)N1C(=O)[C@H]2CCCC[C@H]2C1=O. The minimum atomic E-state index is -1.05. The van der Waals surface area contributed by atoms with Gasteiger partial charge in [-0.2, -0.15) is 4.68 Å². The molecule has 1 saturated carbocycles. The number of likely N-dealkylation sites (tertiary alicyclic amines) is 1. The zero-order chi connectivity index (χ0) is 19.8. The molecule has 28 heavy (non-hydrogen) atoms. The summed E-state index contributed by atoms with van der Waals surface area (Å²) < 4.78 is 6.09. The Kier molecular flexibility index (Phi) is 4.66. The Morgan fingerprint density at radius 1 is 1.14 bits per heavy atom. The summed E-state index contributed by atoms with van der Waals surface area (Å²) in [6.07, 6.45) is 3.18. The fourth-order valence-corrected chi connectivity index (χ4v) is 4.03. The summed E-state index contributed by atoms with van der Waals surface area (Å²) in [5.74, 6) is -2.03. The Bertz CT molecular complexity index is 993. The van der Waals surface area contributed by atoms with E-state index in [1.807, 2.05) is 0 Å². The molecule has 1 aliphatic carbocycles. The number of esters is 1. The fourth-order valence-electron chi connectivity index (χ4n) is 4.03. The molecule has 2 heterocycles. The van der Waals surface area contributed by atoms with Gasteiger partial charge in [-0.15, -0.1) is 5.10 Å².